The van der Waals surface area contributed by atoms with Crippen LogP contribution in [0, 0.1) is 0 Å². The zero-order valence-corrected chi connectivity index (χ0v) is 3.40. The molecule has 1 aliphatic heterocycles. The fourth-order valence-corrected chi connectivity index (χ4v) is 0.324. The molecule has 0 fully saturated rings. The molecular weight excluding hydrogens is 104 g/mol. The van der Waals surface area contributed by atoms with Gasteiger partial charge in [0.25, 0.3) is 6.36 Å². The summed E-state index contributed by atoms with van der Waals surface area (Å²) in [5.74, 6) is 0. The molecule has 0 bridgehead atoms. The molecule has 7 heavy (non-hydrogen) atoms. The molecular formula is C3H3F2NO. The van der Waals surface area contributed by atoms with Crippen molar-refractivity contribution in [2.45, 2.75) is 6.36 Å². The molecule has 0 saturated carbocycles. The largest absolute Gasteiger partial charge is 0.420 e. The first-order valence-corrected chi connectivity index (χ1v) is 1.80. The van der Waals surface area contributed by atoms with Crippen LogP contribution in [0.2, 0.25) is 0 Å². The van der Waals surface area contributed by atoms with Crippen LogP contribution in [0.3, 0.4) is 0 Å². The van der Waals surface area contributed by atoms with Gasteiger partial charge in [0.2, 0.25) is 0 Å². The third-order valence-corrected chi connectivity index (χ3v) is 0.584. The molecule has 0 radical (unpaired) electrons. The minimum absolute atomic E-state index is 0.203. The van der Waals surface area contributed by atoms with E-state index in [1.54, 1.807) is 0 Å². The van der Waals surface area contributed by atoms with Gasteiger partial charge in [-0.3, -0.25) is 0 Å². The first kappa shape index (κ1) is 4.49. The second-order valence-electron chi connectivity index (χ2n) is 1.12. The first-order valence-electron chi connectivity index (χ1n) is 1.80. The van der Waals surface area contributed by atoms with Gasteiger partial charge in [0.15, 0.2) is 0 Å². The molecule has 2 nitrogen and oxygen atoms in total. The third kappa shape index (κ3) is 0.852. The zero-order chi connectivity index (χ0) is 5.28. The van der Waals surface area contributed by atoms with E-state index in [-0.39, 0.29) is 6.54 Å². The molecule has 0 amide bonds. The van der Waals surface area contributed by atoms with E-state index < -0.39 is 12.5 Å². The molecule has 40 valence electrons. The van der Waals surface area contributed by atoms with Crippen molar-refractivity contribution in [3.05, 3.63) is 0 Å². The molecule has 0 aliphatic carbocycles. The second-order valence-corrected chi connectivity index (χ2v) is 1.12. The SMILES string of the molecule is FC1=NCC(F)O1. The standard InChI is InChI=1S/C3H3F2NO/c4-2-1-6-3(5)7-2/h2H,1H2. The minimum atomic E-state index is -1.56. The topological polar surface area (TPSA) is 21.6 Å². The normalized spacial score (nSPS) is 29.4. The Morgan fingerprint density at radius 1 is 1.86 bits per heavy atom. The molecule has 0 saturated heterocycles. The number of hydrogen-bond donors (Lipinski definition) is 0. The summed E-state index contributed by atoms with van der Waals surface area (Å²) in [7, 11) is 0. The number of ether oxygens (including phenoxy) is 1. The van der Waals surface area contributed by atoms with Gasteiger partial charge >= 0.3 is 6.15 Å². The van der Waals surface area contributed by atoms with Gasteiger partial charge in [-0.1, -0.05) is 0 Å². The monoisotopic (exact) mass is 107 g/mol. The van der Waals surface area contributed by atoms with Gasteiger partial charge < -0.3 is 4.74 Å². The fraction of sp³-hybridized carbons (Fsp3) is 0.667. The van der Waals surface area contributed by atoms with Crippen LogP contribution in [0.15, 0.2) is 4.99 Å². The molecule has 1 rings (SSSR count). The van der Waals surface area contributed by atoms with Gasteiger partial charge in [-0.25, -0.2) is 4.99 Å². The molecule has 0 aromatic rings. The van der Waals surface area contributed by atoms with Crippen LogP contribution >= 0.6 is 0 Å². The van der Waals surface area contributed by atoms with Crippen molar-refractivity contribution in [2.24, 2.45) is 4.99 Å². The highest BCUT2D eigenvalue weighted by atomic mass is 19.2. The van der Waals surface area contributed by atoms with Crippen molar-refractivity contribution < 1.29 is 13.5 Å². The maximum absolute atomic E-state index is 11.6. The highest BCUT2D eigenvalue weighted by molar-refractivity contribution is 5.66. The lowest BCUT2D eigenvalue weighted by Gasteiger charge is -1.91. The number of aliphatic imine (C=N–C) groups is 1. The Bertz CT molecular complexity index is 103. The summed E-state index contributed by atoms with van der Waals surface area (Å²) in [5.41, 5.74) is 0. The van der Waals surface area contributed by atoms with Gasteiger partial charge in [-0.2, -0.15) is 4.39 Å². The Balaban J connectivity index is 2.42. The number of rotatable bonds is 0. The summed E-state index contributed by atoms with van der Waals surface area (Å²) in [5, 5.41) is 0. The number of nitrogens with zero attached hydrogens (tertiary/aromatic N) is 1. The molecule has 1 atom stereocenters. The van der Waals surface area contributed by atoms with Crippen molar-refractivity contribution in [3.63, 3.8) is 0 Å². The lowest BCUT2D eigenvalue weighted by atomic mass is 10.7. The van der Waals surface area contributed by atoms with E-state index in [0.717, 1.165) is 0 Å². The van der Waals surface area contributed by atoms with Crippen LogP contribution in [0.25, 0.3) is 0 Å². The fourth-order valence-electron chi connectivity index (χ4n) is 0.324. The Labute approximate surface area is 38.8 Å². The summed E-state index contributed by atoms with van der Waals surface area (Å²) >= 11 is 0. The highest BCUT2D eigenvalue weighted by Gasteiger charge is 2.16. The zero-order valence-electron chi connectivity index (χ0n) is 3.40. The average molecular weight is 107 g/mol. The lowest BCUT2D eigenvalue weighted by molar-refractivity contribution is 0.0723. The van der Waals surface area contributed by atoms with Crippen LogP contribution in [0.5, 0.6) is 0 Å². The molecule has 1 unspecified atom stereocenters. The van der Waals surface area contributed by atoms with Gasteiger partial charge in [-0.15, -0.1) is 4.39 Å². The van der Waals surface area contributed by atoms with Crippen LogP contribution < -0.4 is 0 Å². The molecule has 4 heteroatoms. The minimum Gasteiger partial charge on any atom is -0.420 e. The quantitative estimate of drug-likeness (QED) is 0.445. The van der Waals surface area contributed by atoms with E-state index in [0.29, 0.717) is 0 Å². The maximum atomic E-state index is 11.6. The number of alkyl halides is 1. The van der Waals surface area contributed by atoms with Gasteiger partial charge in [0, 0.05) is 0 Å². The summed E-state index contributed by atoms with van der Waals surface area (Å²) in [6.07, 6.45) is -2.60. The highest BCUT2D eigenvalue weighted by Crippen LogP contribution is 2.04. The van der Waals surface area contributed by atoms with Crippen molar-refractivity contribution in [2.75, 3.05) is 6.54 Å². The average Bonchev–Trinajstić information content (AvgIpc) is 1.87. The number of halogens is 2. The number of hydrogen-bond acceptors (Lipinski definition) is 2. The lowest BCUT2D eigenvalue weighted by Crippen LogP contribution is -2.01. The predicted octanol–water partition coefficient (Wildman–Crippen LogP) is 0.638. The van der Waals surface area contributed by atoms with E-state index in [9.17, 15) is 8.78 Å². The summed E-state index contributed by atoms with van der Waals surface area (Å²) in [6, 6.07) is 0. The molecule has 1 aliphatic rings. The van der Waals surface area contributed by atoms with Gasteiger partial charge in [-0.05, 0) is 0 Å². The maximum Gasteiger partial charge on any atom is 0.374 e. The van der Waals surface area contributed by atoms with E-state index >= 15 is 0 Å². The Morgan fingerprint density at radius 3 is 2.71 bits per heavy atom. The molecule has 0 aromatic heterocycles. The van der Waals surface area contributed by atoms with E-state index in [2.05, 4.69) is 9.73 Å². The van der Waals surface area contributed by atoms with Crippen molar-refractivity contribution >= 4 is 6.15 Å². The summed E-state index contributed by atoms with van der Waals surface area (Å²) in [4.78, 5) is 2.97. The van der Waals surface area contributed by atoms with Crippen molar-refractivity contribution in [3.8, 4) is 0 Å². The first-order chi connectivity index (χ1) is 3.29. The Morgan fingerprint density at radius 2 is 2.57 bits per heavy atom. The molecule has 0 aromatic carbocycles. The van der Waals surface area contributed by atoms with Crippen LogP contribution in [-0.2, 0) is 4.74 Å². The second kappa shape index (κ2) is 1.44. The predicted molar refractivity (Wildman–Crippen MR) is 19.4 cm³/mol. The van der Waals surface area contributed by atoms with Crippen LogP contribution in [0.1, 0.15) is 0 Å². The third-order valence-electron chi connectivity index (χ3n) is 0.584. The molecule has 0 spiro atoms. The smallest absolute Gasteiger partial charge is 0.374 e. The van der Waals surface area contributed by atoms with Crippen molar-refractivity contribution in [1.29, 1.82) is 0 Å². The Kier molecular flexibility index (Phi) is 0.923. The van der Waals surface area contributed by atoms with Gasteiger partial charge in [0.05, 0.1) is 0 Å². The molecule has 0 N–H and O–H groups in total. The van der Waals surface area contributed by atoms with E-state index in [4.69, 9.17) is 0 Å². The summed E-state index contributed by atoms with van der Waals surface area (Å²) in [6.45, 7) is -0.203. The summed E-state index contributed by atoms with van der Waals surface area (Å²) < 4.78 is 26.8. The van der Waals surface area contributed by atoms with E-state index in [1.165, 1.54) is 0 Å². The van der Waals surface area contributed by atoms with Crippen LogP contribution in [-0.4, -0.2) is 19.1 Å². The Hall–Kier alpha value is -0.670. The van der Waals surface area contributed by atoms with E-state index in [1.807, 2.05) is 0 Å². The van der Waals surface area contributed by atoms with Gasteiger partial charge in [0.1, 0.15) is 6.54 Å². The molecule has 1 heterocycles. The van der Waals surface area contributed by atoms with Crippen LogP contribution in [0.4, 0.5) is 8.78 Å². The van der Waals surface area contributed by atoms with Crippen molar-refractivity contribution in [1.82, 2.24) is 0 Å².